The second-order valence-corrected chi connectivity index (χ2v) is 2.98. The van der Waals surface area contributed by atoms with Crippen molar-refractivity contribution in [3.8, 4) is 18.1 Å². The summed E-state index contributed by atoms with van der Waals surface area (Å²) in [7, 11) is 0. The second-order valence-electron chi connectivity index (χ2n) is 2.54. The lowest BCUT2D eigenvalue weighted by molar-refractivity contribution is 0.309. The molecule has 3 heteroatoms. The molecule has 2 N–H and O–H groups in total. The molecule has 2 nitrogen and oxygen atoms in total. The van der Waals surface area contributed by atoms with Gasteiger partial charge in [0.15, 0.2) is 0 Å². The number of halogens is 1. The summed E-state index contributed by atoms with van der Waals surface area (Å²) in [6.07, 6.45) is 5.09. The molecule has 1 rings (SSSR count). The molecule has 13 heavy (non-hydrogen) atoms. The van der Waals surface area contributed by atoms with E-state index in [4.69, 9.17) is 28.5 Å². The van der Waals surface area contributed by atoms with Crippen LogP contribution in [-0.2, 0) is 0 Å². The van der Waals surface area contributed by atoms with Gasteiger partial charge in [0.25, 0.3) is 0 Å². The van der Waals surface area contributed by atoms with E-state index in [1.807, 2.05) is 0 Å². The van der Waals surface area contributed by atoms with Crippen molar-refractivity contribution in [3.63, 3.8) is 0 Å². The highest BCUT2D eigenvalue weighted by molar-refractivity contribution is 6.30. The summed E-state index contributed by atoms with van der Waals surface area (Å²) in [6.45, 7) is 0.302. The first-order valence-electron chi connectivity index (χ1n) is 3.82. The second kappa shape index (κ2) is 4.76. The predicted molar refractivity (Wildman–Crippen MR) is 53.8 cm³/mol. The maximum absolute atomic E-state index is 5.74. The number of nitrogens with two attached hydrogens (primary N) is 1. The van der Waals surface area contributed by atoms with Gasteiger partial charge in [-0.3, -0.25) is 0 Å². The van der Waals surface area contributed by atoms with Gasteiger partial charge in [0, 0.05) is 5.02 Å². The first-order chi connectivity index (χ1) is 6.22. The molecule has 0 heterocycles. The average Bonchev–Trinajstić information content (AvgIpc) is 2.14. The fraction of sp³-hybridized carbons (Fsp3) is 0.200. The van der Waals surface area contributed by atoms with Crippen LogP contribution in [0, 0.1) is 12.3 Å². The SMILES string of the molecule is C#CC(N)COc1cccc(Cl)c1. The Morgan fingerprint density at radius 3 is 3.00 bits per heavy atom. The van der Waals surface area contributed by atoms with Gasteiger partial charge in [-0.05, 0) is 18.2 Å². The zero-order chi connectivity index (χ0) is 9.68. The lowest BCUT2D eigenvalue weighted by Gasteiger charge is -2.07. The molecular formula is C10H10ClNO. The number of ether oxygens (including phenoxy) is 1. The van der Waals surface area contributed by atoms with Crippen LogP contribution >= 0.6 is 11.6 Å². The van der Waals surface area contributed by atoms with Crippen LogP contribution in [0.5, 0.6) is 5.75 Å². The van der Waals surface area contributed by atoms with Gasteiger partial charge >= 0.3 is 0 Å². The summed E-state index contributed by atoms with van der Waals surface area (Å²) < 4.78 is 5.29. The van der Waals surface area contributed by atoms with Crippen molar-refractivity contribution in [2.75, 3.05) is 6.61 Å². The number of terminal acetylenes is 1. The van der Waals surface area contributed by atoms with Crippen molar-refractivity contribution in [2.45, 2.75) is 6.04 Å². The van der Waals surface area contributed by atoms with E-state index in [1.54, 1.807) is 24.3 Å². The molecule has 0 amide bonds. The van der Waals surface area contributed by atoms with Crippen LogP contribution in [-0.4, -0.2) is 12.6 Å². The number of hydrogen-bond donors (Lipinski definition) is 1. The van der Waals surface area contributed by atoms with Crippen LogP contribution in [0.1, 0.15) is 0 Å². The zero-order valence-electron chi connectivity index (χ0n) is 7.03. The van der Waals surface area contributed by atoms with E-state index in [9.17, 15) is 0 Å². The van der Waals surface area contributed by atoms with Crippen molar-refractivity contribution < 1.29 is 4.74 Å². The predicted octanol–water partition coefficient (Wildman–Crippen LogP) is 1.68. The summed E-state index contributed by atoms with van der Waals surface area (Å²) >= 11 is 5.74. The van der Waals surface area contributed by atoms with Crippen molar-refractivity contribution in [1.29, 1.82) is 0 Å². The third kappa shape index (κ3) is 3.37. The molecule has 68 valence electrons. The smallest absolute Gasteiger partial charge is 0.120 e. The Kier molecular flexibility index (Phi) is 3.63. The molecule has 0 aliphatic carbocycles. The van der Waals surface area contributed by atoms with Gasteiger partial charge in [0.05, 0.1) is 0 Å². The van der Waals surface area contributed by atoms with Crippen LogP contribution in [0.15, 0.2) is 24.3 Å². The summed E-state index contributed by atoms with van der Waals surface area (Å²) in [5.74, 6) is 3.05. The monoisotopic (exact) mass is 195 g/mol. The quantitative estimate of drug-likeness (QED) is 0.745. The topological polar surface area (TPSA) is 35.2 Å². The van der Waals surface area contributed by atoms with Crippen molar-refractivity contribution >= 4 is 11.6 Å². The maximum Gasteiger partial charge on any atom is 0.120 e. The Labute approximate surface area is 82.6 Å². The van der Waals surface area contributed by atoms with Crippen LogP contribution in [0.2, 0.25) is 5.02 Å². The Hall–Kier alpha value is -1.17. The average molecular weight is 196 g/mol. The highest BCUT2D eigenvalue weighted by Gasteiger charge is 1.98. The first-order valence-corrected chi connectivity index (χ1v) is 4.20. The third-order valence-corrected chi connectivity index (χ3v) is 1.67. The van der Waals surface area contributed by atoms with E-state index >= 15 is 0 Å². The van der Waals surface area contributed by atoms with Gasteiger partial charge in [-0.15, -0.1) is 6.42 Å². The number of rotatable bonds is 3. The van der Waals surface area contributed by atoms with Crippen LogP contribution in [0.3, 0.4) is 0 Å². The molecule has 0 spiro atoms. The highest BCUT2D eigenvalue weighted by atomic mass is 35.5. The Balaban J connectivity index is 2.51. The van der Waals surface area contributed by atoms with Gasteiger partial charge in [-0.2, -0.15) is 0 Å². The maximum atomic E-state index is 5.74. The molecular weight excluding hydrogens is 186 g/mol. The molecule has 1 aromatic carbocycles. The van der Waals surface area contributed by atoms with Crippen LogP contribution in [0.4, 0.5) is 0 Å². The molecule has 0 saturated carbocycles. The van der Waals surface area contributed by atoms with Gasteiger partial charge in [-0.1, -0.05) is 23.6 Å². The van der Waals surface area contributed by atoms with Gasteiger partial charge in [0.2, 0.25) is 0 Å². The minimum Gasteiger partial charge on any atom is -0.491 e. The van der Waals surface area contributed by atoms with Gasteiger partial charge in [0.1, 0.15) is 18.4 Å². The van der Waals surface area contributed by atoms with E-state index in [0.29, 0.717) is 17.4 Å². The van der Waals surface area contributed by atoms with Gasteiger partial charge in [-0.25, -0.2) is 0 Å². The van der Waals surface area contributed by atoms with E-state index in [1.165, 1.54) is 0 Å². The zero-order valence-corrected chi connectivity index (χ0v) is 7.79. The van der Waals surface area contributed by atoms with Crippen molar-refractivity contribution in [3.05, 3.63) is 29.3 Å². The fourth-order valence-electron chi connectivity index (χ4n) is 0.791. The van der Waals surface area contributed by atoms with Crippen molar-refractivity contribution in [1.82, 2.24) is 0 Å². The third-order valence-electron chi connectivity index (χ3n) is 1.44. The first kappa shape index (κ1) is 9.91. The van der Waals surface area contributed by atoms with E-state index in [0.717, 1.165) is 0 Å². The molecule has 0 aliphatic heterocycles. The molecule has 0 aromatic heterocycles. The lowest BCUT2D eigenvalue weighted by Crippen LogP contribution is -2.25. The summed E-state index contributed by atoms with van der Waals surface area (Å²) in [6, 6.07) is 6.72. The summed E-state index contributed by atoms with van der Waals surface area (Å²) in [4.78, 5) is 0. The number of hydrogen-bond acceptors (Lipinski definition) is 2. The highest BCUT2D eigenvalue weighted by Crippen LogP contribution is 2.16. The van der Waals surface area contributed by atoms with Gasteiger partial charge < -0.3 is 10.5 Å². The van der Waals surface area contributed by atoms with E-state index < -0.39 is 0 Å². The molecule has 1 atom stereocenters. The number of benzene rings is 1. The molecule has 0 radical (unpaired) electrons. The molecule has 1 aromatic rings. The molecule has 0 bridgehead atoms. The largest absolute Gasteiger partial charge is 0.491 e. The van der Waals surface area contributed by atoms with Crippen LogP contribution in [0.25, 0.3) is 0 Å². The lowest BCUT2D eigenvalue weighted by atomic mass is 10.3. The Bertz CT molecular complexity index is 319. The van der Waals surface area contributed by atoms with Crippen LogP contribution < -0.4 is 10.5 Å². The molecule has 1 unspecified atom stereocenters. The minimum atomic E-state index is -0.376. The van der Waals surface area contributed by atoms with E-state index in [2.05, 4.69) is 5.92 Å². The fourth-order valence-corrected chi connectivity index (χ4v) is 0.971. The summed E-state index contributed by atoms with van der Waals surface area (Å²) in [5.41, 5.74) is 5.46. The van der Waals surface area contributed by atoms with Crippen molar-refractivity contribution in [2.24, 2.45) is 5.73 Å². The minimum absolute atomic E-state index is 0.302. The Morgan fingerprint density at radius 2 is 2.38 bits per heavy atom. The van der Waals surface area contributed by atoms with E-state index in [-0.39, 0.29) is 6.04 Å². The summed E-state index contributed by atoms with van der Waals surface area (Å²) in [5, 5.41) is 0.631. The Morgan fingerprint density at radius 1 is 1.62 bits per heavy atom. The standard InChI is InChI=1S/C10H10ClNO/c1-2-9(12)7-13-10-5-3-4-8(11)6-10/h1,3-6,9H,7,12H2. The molecule has 0 aliphatic rings. The normalized spacial score (nSPS) is 11.8. The molecule has 0 fully saturated rings. The molecule has 0 saturated heterocycles.